The number of hydrogen-bond donors (Lipinski definition) is 2. The van der Waals surface area contributed by atoms with Crippen molar-refractivity contribution >= 4 is 78.2 Å². The van der Waals surface area contributed by atoms with Gasteiger partial charge in [-0.05, 0) is 99.8 Å². The Labute approximate surface area is 194 Å². The van der Waals surface area contributed by atoms with Crippen molar-refractivity contribution in [2.24, 2.45) is 0 Å². The van der Waals surface area contributed by atoms with Crippen LogP contribution in [-0.4, -0.2) is 19.4 Å². The Morgan fingerprint density at radius 1 is 0.964 bits per heavy atom. The van der Waals surface area contributed by atoms with Crippen LogP contribution in [0.1, 0.15) is 10.4 Å². The molecule has 3 aromatic rings. The van der Waals surface area contributed by atoms with Crippen molar-refractivity contribution in [1.82, 2.24) is 0 Å². The van der Waals surface area contributed by atoms with Crippen LogP contribution in [0.3, 0.4) is 0 Å². The van der Waals surface area contributed by atoms with Gasteiger partial charge in [-0.1, -0.05) is 17.7 Å². The predicted molar refractivity (Wildman–Crippen MR) is 125 cm³/mol. The number of phenols is 1. The minimum absolute atomic E-state index is 0.0362. The average molecular weight is 640 g/mol. The summed E-state index contributed by atoms with van der Waals surface area (Å²) in [6.45, 7) is 0. The molecule has 0 aliphatic heterocycles. The maximum atomic E-state index is 12.8. The van der Waals surface area contributed by atoms with Gasteiger partial charge in [0.05, 0.1) is 18.9 Å². The van der Waals surface area contributed by atoms with Gasteiger partial charge in [-0.2, -0.15) is 0 Å². The number of halogens is 3. The molecular formula is C19H12ClI2NO4S. The standard InChI is InChI=1S/C19H12ClI2NO4S/c20-11-4-6-14(7-5-11)28(26,27)15-3-1-2-13(10-15)23-19(25)16-8-12(21)9-17(22)18(16)24/h1-10,24H,(H,23,25). The summed E-state index contributed by atoms with van der Waals surface area (Å²) >= 11 is 9.81. The zero-order valence-corrected chi connectivity index (χ0v) is 19.9. The summed E-state index contributed by atoms with van der Waals surface area (Å²) in [6.07, 6.45) is 0. The Morgan fingerprint density at radius 3 is 2.32 bits per heavy atom. The molecule has 0 aromatic heterocycles. The van der Waals surface area contributed by atoms with E-state index in [2.05, 4.69) is 27.9 Å². The molecule has 3 rings (SSSR count). The lowest BCUT2D eigenvalue weighted by Crippen LogP contribution is -2.13. The zero-order chi connectivity index (χ0) is 20.5. The summed E-state index contributed by atoms with van der Waals surface area (Å²) in [5, 5.41) is 13.2. The van der Waals surface area contributed by atoms with E-state index in [-0.39, 0.29) is 21.1 Å². The molecule has 3 aromatic carbocycles. The van der Waals surface area contributed by atoms with Gasteiger partial charge in [-0.15, -0.1) is 0 Å². The molecule has 0 radical (unpaired) electrons. The summed E-state index contributed by atoms with van der Waals surface area (Å²) < 4.78 is 26.9. The van der Waals surface area contributed by atoms with E-state index in [4.69, 9.17) is 11.6 Å². The van der Waals surface area contributed by atoms with Crippen LogP contribution in [0.15, 0.2) is 70.5 Å². The Morgan fingerprint density at radius 2 is 1.64 bits per heavy atom. The number of benzene rings is 3. The Balaban J connectivity index is 1.92. The molecule has 0 aliphatic carbocycles. The molecule has 28 heavy (non-hydrogen) atoms. The van der Waals surface area contributed by atoms with Crippen LogP contribution in [-0.2, 0) is 9.84 Å². The van der Waals surface area contributed by atoms with Crippen molar-refractivity contribution in [1.29, 1.82) is 0 Å². The van der Waals surface area contributed by atoms with Crippen molar-refractivity contribution in [3.63, 3.8) is 0 Å². The van der Waals surface area contributed by atoms with Gasteiger partial charge in [0, 0.05) is 14.3 Å². The molecule has 144 valence electrons. The predicted octanol–water partition coefficient (Wildman–Crippen LogP) is 5.34. The second-order valence-corrected chi connectivity index (χ2v) is 10.5. The van der Waals surface area contributed by atoms with Gasteiger partial charge in [0.1, 0.15) is 5.75 Å². The van der Waals surface area contributed by atoms with E-state index in [9.17, 15) is 18.3 Å². The first-order chi connectivity index (χ1) is 13.2. The van der Waals surface area contributed by atoms with Gasteiger partial charge < -0.3 is 10.4 Å². The van der Waals surface area contributed by atoms with Crippen LogP contribution in [0.4, 0.5) is 5.69 Å². The SMILES string of the molecule is O=C(Nc1cccc(S(=O)(=O)c2ccc(Cl)cc2)c1)c1cc(I)cc(I)c1O. The largest absolute Gasteiger partial charge is 0.506 e. The molecule has 5 nitrogen and oxygen atoms in total. The fraction of sp³-hybridized carbons (Fsp3) is 0. The molecule has 0 heterocycles. The molecule has 0 aliphatic rings. The van der Waals surface area contributed by atoms with Crippen LogP contribution in [0.5, 0.6) is 5.75 Å². The number of carbonyl (C=O) groups excluding carboxylic acids is 1. The average Bonchev–Trinajstić information content (AvgIpc) is 2.65. The number of sulfone groups is 1. The maximum absolute atomic E-state index is 12.8. The summed E-state index contributed by atoms with van der Waals surface area (Å²) in [5.41, 5.74) is 0.413. The number of rotatable bonds is 4. The first-order valence-electron chi connectivity index (χ1n) is 7.78. The molecule has 1 amide bonds. The van der Waals surface area contributed by atoms with Gasteiger partial charge in [0.15, 0.2) is 0 Å². The van der Waals surface area contributed by atoms with Crippen molar-refractivity contribution < 1.29 is 18.3 Å². The van der Waals surface area contributed by atoms with E-state index in [0.717, 1.165) is 3.57 Å². The quantitative estimate of drug-likeness (QED) is 0.378. The van der Waals surface area contributed by atoms with E-state index in [0.29, 0.717) is 14.3 Å². The number of anilines is 1. The van der Waals surface area contributed by atoms with E-state index < -0.39 is 15.7 Å². The van der Waals surface area contributed by atoms with Gasteiger partial charge >= 0.3 is 0 Å². The summed E-state index contributed by atoms with van der Waals surface area (Å²) in [7, 11) is -3.76. The lowest BCUT2D eigenvalue weighted by atomic mass is 10.2. The topological polar surface area (TPSA) is 83.5 Å². The second-order valence-electron chi connectivity index (χ2n) is 5.72. The second kappa shape index (κ2) is 8.56. The van der Waals surface area contributed by atoms with Crippen LogP contribution in [0.2, 0.25) is 5.02 Å². The molecule has 0 spiro atoms. The number of aromatic hydroxyl groups is 1. The number of phenolic OH excluding ortho intramolecular Hbond substituents is 1. The minimum Gasteiger partial charge on any atom is -0.506 e. The highest BCUT2D eigenvalue weighted by Gasteiger charge is 2.19. The molecule has 9 heteroatoms. The number of carbonyl (C=O) groups is 1. The van der Waals surface area contributed by atoms with Crippen molar-refractivity contribution in [2.75, 3.05) is 5.32 Å². The molecule has 0 bridgehead atoms. The van der Waals surface area contributed by atoms with Crippen LogP contribution < -0.4 is 5.32 Å². The van der Waals surface area contributed by atoms with Crippen molar-refractivity contribution in [2.45, 2.75) is 9.79 Å². The molecule has 0 atom stereocenters. The van der Waals surface area contributed by atoms with Crippen LogP contribution >= 0.6 is 56.8 Å². The van der Waals surface area contributed by atoms with Gasteiger partial charge in [0.25, 0.3) is 5.91 Å². The van der Waals surface area contributed by atoms with E-state index in [1.807, 2.05) is 22.6 Å². The highest BCUT2D eigenvalue weighted by molar-refractivity contribution is 14.1. The molecule has 2 N–H and O–H groups in total. The first kappa shape index (κ1) is 21.3. The minimum atomic E-state index is -3.76. The molecule has 0 unspecified atom stereocenters. The number of nitrogens with one attached hydrogen (secondary N) is 1. The van der Waals surface area contributed by atoms with Gasteiger partial charge in [0.2, 0.25) is 9.84 Å². The first-order valence-corrected chi connectivity index (χ1v) is 11.8. The third kappa shape index (κ3) is 4.61. The number of hydrogen-bond acceptors (Lipinski definition) is 4. The van der Waals surface area contributed by atoms with E-state index >= 15 is 0 Å². The fourth-order valence-electron chi connectivity index (χ4n) is 2.43. The lowest BCUT2D eigenvalue weighted by Gasteiger charge is -2.10. The van der Waals surface area contributed by atoms with Crippen LogP contribution in [0, 0.1) is 7.14 Å². The molecule has 0 saturated heterocycles. The molecule has 0 saturated carbocycles. The Hall–Kier alpha value is -1.37. The third-order valence-corrected chi connectivity index (χ3v) is 7.26. The highest BCUT2D eigenvalue weighted by Crippen LogP contribution is 2.29. The fourth-order valence-corrected chi connectivity index (χ4v) is 5.71. The summed E-state index contributed by atoms with van der Waals surface area (Å²) in [6, 6.07) is 15.1. The molecule has 0 fully saturated rings. The Bertz CT molecular complexity index is 1170. The van der Waals surface area contributed by atoms with Crippen LogP contribution in [0.25, 0.3) is 0 Å². The van der Waals surface area contributed by atoms with Gasteiger partial charge in [-0.25, -0.2) is 8.42 Å². The van der Waals surface area contributed by atoms with E-state index in [1.54, 1.807) is 18.2 Å². The monoisotopic (exact) mass is 639 g/mol. The summed E-state index contributed by atoms with van der Waals surface area (Å²) in [5.74, 6) is -0.654. The lowest BCUT2D eigenvalue weighted by molar-refractivity contribution is 0.102. The normalized spacial score (nSPS) is 11.2. The molecular weight excluding hydrogens is 628 g/mol. The van der Waals surface area contributed by atoms with E-state index in [1.165, 1.54) is 42.5 Å². The van der Waals surface area contributed by atoms with Crippen molar-refractivity contribution in [3.8, 4) is 5.75 Å². The zero-order valence-electron chi connectivity index (χ0n) is 14.0. The highest BCUT2D eigenvalue weighted by atomic mass is 127. The van der Waals surface area contributed by atoms with Crippen molar-refractivity contribution in [3.05, 3.63) is 78.4 Å². The maximum Gasteiger partial charge on any atom is 0.259 e. The summed E-state index contributed by atoms with van der Waals surface area (Å²) in [4.78, 5) is 12.7. The number of amides is 1. The smallest absolute Gasteiger partial charge is 0.259 e. The Kier molecular flexibility index (Phi) is 6.52. The third-order valence-electron chi connectivity index (χ3n) is 3.80. The van der Waals surface area contributed by atoms with Gasteiger partial charge in [-0.3, -0.25) is 4.79 Å².